The Kier molecular flexibility index (Phi) is 3.49. The molecule has 88 valence electrons. The molecule has 0 N–H and O–H groups in total. The van der Waals surface area contributed by atoms with Crippen molar-refractivity contribution in [1.29, 1.82) is 0 Å². The summed E-state index contributed by atoms with van der Waals surface area (Å²) in [5.41, 5.74) is 4.07. The van der Waals surface area contributed by atoms with Crippen LogP contribution in [0.15, 0.2) is 67.0 Å². The van der Waals surface area contributed by atoms with E-state index in [1.54, 1.807) is 0 Å². The fraction of sp³-hybridized carbons (Fsp3) is 0. The van der Waals surface area contributed by atoms with E-state index >= 15 is 0 Å². The minimum absolute atomic E-state index is 0.944. The SMILES string of the molecule is [Cl][Sb]1[N]=C(c2ccccc2)C(c2ccccc2)=[N]1. The van der Waals surface area contributed by atoms with Crippen LogP contribution in [0, 0.1) is 0 Å². The molecule has 2 nitrogen and oxygen atoms in total. The Bertz CT molecular complexity index is 553. The monoisotopic (exact) mass is 362 g/mol. The molecule has 0 fully saturated rings. The number of nitrogens with zero attached hydrogens (tertiary/aromatic N) is 2. The first kappa shape index (κ1) is 11.9. The van der Waals surface area contributed by atoms with Crippen LogP contribution in [-0.4, -0.2) is 31.0 Å². The molecule has 2 aromatic carbocycles. The first-order valence-corrected chi connectivity index (χ1v) is 11.1. The minimum atomic E-state index is -2.28. The van der Waals surface area contributed by atoms with Gasteiger partial charge in [0, 0.05) is 0 Å². The van der Waals surface area contributed by atoms with Gasteiger partial charge in [0.2, 0.25) is 0 Å². The van der Waals surface area contributed by atoms with Crippen LogP contribution in [-0.2, 0) is 0 Å². The van der Waals surface area contributed by atoms with E-state index in [0.717, 1.165) is 22.6 Å². The van der Waals surface area contributed by atoms with Gasteiger partial charge in [0.25, 0.3) is 0 Å². The molecule has 0 unspecified atom stereocenters. The molecule has 0 radical (unpaired) electrons. The Hall–Kier alpha value is -1.11. The van der Waals surface area contributed by atoms with Crippen molar-refractivity contribution in [2.75, 3.05) is 0 Å². The summed E-state index contributed by atoms with van der Waals surface area (Å²) in [6, 6.07) is 20.2. The molecule has 0 atom stereocenters. The van der Waals surface area contributed by atoms with Crippen LogP contribution in [0.2, 0.25) is 0 Å². The molecule has 3 rings (SSSR count). The Morgan fingerprint density at radius 1 is 0.667 bits per heavy atom. The van der Waals surface area contributed by atoms with E-state index < -0.39 is 19.6 Å². The summed E-state index contributed by atoms with van der Waals surface area (Å²) in [5, 5.41) is 0. The standard InChI is InChI=1S/C14H10N2.ClH.Sb/c15-13(11-7-3-1-4-8-11)14(16)12-9-5-2-6-10-12;;/h1-10H;1H;/q-2;;+3/p-1. The van der Waals surface area contributed by atoms with Crippen LogP contribution >= 0.6 is 8.83 Å². The zero-order valence-corrected chi connectivity index (χ0v) is 12.8. The van der Waals surface area contributed by atoms with Crippen molar-refractivity contribution in [1.82, 2.24) is 0 Å². The first-order chi connectivity index (χ1) is 8.84. The van der Waals surface area contributed by atoms with Gasteiger partial charge in [-0.3, -0.25) is 0 Å². The number of rotatable bonds is 2. The van der Waals surface area contributed by atoms with Gasteiger partial charge >= 0.3 is 118 Å². The van der Waals surface area contributed by atoms with E-state index in [0.29, 0.717) is 0 Å². The predicted octanol–water partition coefficient (Wildman–Crippen LogP) is 3.20. The maximum atomic E-state index is 6.21. The number of halogens is 1. The normalized spacial score (nSPS) is 15.4. The van der Waals surface area contributed by atoms with Gasteiger partial charge in [-0.1, -0.05) is 0 Å². The van der Waals surface area contributed by atoms with Gasteiger partial charge in [-0.2, -0.15) is 0 Å². The van der Waals surface area contributed by atoms with E-state index in [2.05, 4.69) is 6.30 Å². The van der Waals surface area contributed by atoms with Crippen LogP contribution in [0.4, 0.5) is 0 Å². The Labute approximate surface area is 117 Å². The first-order valence-electron chi connectivity index (χ1n) is 5.59. The van der Waals surface area contributed by atoms with Gasteiger partial charge in [0.05, 0.1) is 0 Å². The van der Waals surface area contributed by atoms with Crippen LogP contribution in [0.25, 0.3) is 0 Å². The van der Waals surface area contributed by atoms with Crippen LogP contribution in [0.3, 0.4) is 0 Å². The third-order valence-corrected chi connectivity index (χ3v) is 5.78. The van der Waals surface area contributed by atoms with Crippen molar-refractivity contribution in [3.05, 3.63) is 71.8 Å². The number of hydrogen-bond donors (Lipinski definition) is 0. The summed E-state index contributed by atoms with van der Waals surface area (Å²) >= 11 is -2.28. The molecule has 0 aromatic heterocycles. The molecule has 0 aliphatic carbocycles. The van der Waals surface area contributed by atoms with E-state index in [-0.39, 0.29) is 0 Å². The third kappa shape index (κ3) is 2.36. The van der Waals surface area contributed by atoms with Gasteiger partial charge in [0.15, 0.2) is 0 Å². The summed E-state index contributed by atoms with van der Waals surface area (Å²) in [7, 11) is 6.21. The molecule has 1 heterocycles. The van der Waals surface area contributed by atoms with Crippen molar-refractivity contribution in [2.45, 2.75) is 0 Å². The molecule has 1 aliphatic heterocycles. The Morgan fingerprint density at radius 3 is 1.44 bits per heavy atom. The van der Waals surface area contributed by atoms with E-state index in [9.17, 15) is 0 Å². The van der Waals surface area contributed by atoms with Crippen molar-refractivity contribution in [3.8, 4) is 0 Å². The fourth-order valence-corrected chi connectivity index (χ4v) is 5.15. The summed E-state index contributed by atoms with van der Waals surface area (Å²) < 4.78 is 9.16. The second-order valence-corrected chi connectivity index (χ2v) is 8.41. The summed E-state index contributed by atoms with van der Waals surface area (Å²) in [6.07, 6.45) is 0. The second kappa shape index (κ2) is 5.25. The molecule has 18 heavy (non-hydrogen) atoms. The quantitative estimate of drug-likeness (QED) is 0.732. The molecule has 2 aromatic rings. The van der Waals surface area contributed by atoms with Gasteiger partial charge in [0.1, 0.15) is 0 Å². The van der Waals surface area contributed by atoms with E-state index in [1.165, 1.54) is 0 Å². The molecule has 1 aliphatic rings. The number of hydrogen-bond acceptors (Lipinski definition) is 2. The average molecular weight is 363 g/mol. The van der Waals surface area contributed by atoms with Gasteiger partial charge in [-0.05, 0) is 0 Å². The van der Waals surface area contributed by atoms with E-state index in [1.807, 2.05) is 60.7 Å². The molecule has 0 saturated carbocycles. The summed E-state index contributed by atoms with van der Waals surface area (Å²) in [4.78, 5) is 0. The molecule has 4 heteroatoms. The molecule has 0 bridgehead atoms. The third-order valence-electron chi connectivity index (χ3n) is 2.68. The molecular weight excluding hydrogens is 353 g/mol. The molecular formula is C14H10ClN2Sb. The van der Waals surface area contributed by atoms with Gasteiger partial charge < -0.3 is 0 Å². The van der Waals surface area contributed by atoms with Gasteiger partial charge in [-0.15, -0.1) is 0 Å². The van der Waals surface area contributed by atoms with Crippen LogP contribution in [0.5, 0.6) is 0 Å². The average Bonchev–Trinajstić information content (AvgIpc) is 2.83. The van der Waals surface area contributed by atoms with E-state index in [4.69, 9.17) is 8.83 Å². The predicted molar refractivity (Wildman–Crippen MR) is 77.6 cm³/mol. The van der Waals surface area contributed by atoms with Crippen LogP contribution in [0.1, 0.15) is 11.1 Å². The Morgan fingerprint density at radius 2 is 1.06 bits per heavy atom. The van der Waals surface area contributed by atoms with Crippen molar-refractivity contribution < 1.29 is 0 Å². The van der Waals surface area contributed by atoms with Crippen LogP contribution < -0.4 is 0 Å². The topological polar surface area (TPSA) is 24.7 Å². The zero-order valence-electron chi connectivity index (χ0n) is 9.49. The molecule has 0 saturated heterocycles. The van der Waals surface area contributed by atoms with Crippen molar-refractivity contribution in [2.24, 2.45) is 6.30 Å². The Balaban J connectivity index is 2.06. The molecule has 0 amide bonds. The van der Waals surface area contributed by atoms with Gasteiger partial charge in [-0.25, -0.2) is 0 Å². The molecule has 0 spiro atoms. The zero-order chi connectivity index (χ0) is 12.4. The van der Waals surface area contributed by atoms with Crippen molar-refractivity contribution >= 4 is 39.9 Å². The van der Waals surface area contributed by atoms with Crippen molar-refractivity contribution in [3.63, 3.8) is 0 Å². The fourth-order valence-electron chi connectivity index (χ4n) is 1.86. The number of benzene rings is 2. The summed E-state index contributed by atoms with van der Waals surface area (Å²) in [5.74, 6) is 0. The maximum absolute atomic E-state index is 6.21. The summed E-state index contributed by atoms with van der Waals surface area (Å²) in [6.45, 7) is 0. The second-order valence-electron chi connectivity index (χ2n) is 3.87.